The van der Waals surface area contributed by atoms with Crippen LogP contribution in [0.15, 0.2) is 48.1 Å². The Morgan fingerprint density at radius 1 is 1.14 bits per heavy atom. The minimum Gasteiger partial charge on any atom is -0.322 e. The van der Waals surface area contributed by atoms with Gasteiger partial charge in [-0.05, 0) is 50.1 Å². The average Bonchev–Trinajstić information content (AvgIpc) is 3.37. The zero-order valence-corrected chi connectivity index (χ0v) is 17.7. The van der Waals surface area contributed by atoms with Crippen molar-refractivity contribution in [2.45, 2.75) is 39.7 Å². The van der Waals surface area contributed by atoms with Gasteiger partial charge in [0.2, 0.25) is 0 Å². The molecule has 1 N–H and O–H groups in total. The highest BCUT2D eigenvalue weighted by Crippen LogP contribution is 2.26. The van der Waals surface area contributed by atoms with Crippen molar-refractivity contribution in [3.05, 3.63) is 59.4 Å². The molecule has 0 saturated carbocycles. The van der Waals surface area contributed by atoms with Gasteiger partial charge < -0.3 is 5.32 Å². The Morgan fingerprint density at radius 2 is 1.90 bits per heavy atom. The molecule has 0 unspecified atom stereocenters. The molecule has 3 aromatic heterocycles. The van der Waals surface area contributed by atoms with Crippen LogP contribution in [0.25, 0.3) is 21.6 Å². The van der Waals surface area contributed by atoms with E-state index in [1.807, 2.05) is 40.4 Å². The van der Waals surface area contributed by atoms with Gasteiger partial charge in [0.15, 0.2) is 5.65 Å². The number of hydrogen-bond acceptors (Lipinski definition) is 5. The molecule has 148 valence electrons. The second kappa shape index (κ2) is 7.75. The van der Waals surface area contributed by atoms with E-state index < -0.39 is 0 Å². The molecule has 0 fully saturated rings. The lowest BCUT2D eigenvalue weighted by Gasteiger charge is -2.12. The summed E-state index contributed by atoms with van der Waals surface area (Å²) in [4.78, 5) is 22.2. The highest BCUT2D eigenvalue weighted by molar-refractivity contribution is 7.13. The van der Waals surface area contributed by atoms with Gasteiger partial charge in [0.05, 0.1) is 17.1 Å². The minimum absolute atomic E-state index is 0.162. The highest BCUT2D eigenvalue weighted by Gasteiger charge is 2.19. The monoisotopic (exact) mass is 405 g/mol. The van der Waals surface area contributed by atoms with Gasteiger partial charge >= 0.3 is 0 Å². The number of nitrogens with one attached hydrogen (secondary N) is 1. The van der Waals surface area contributed by atoms with Crippen molar-refractivity contribution in [2.75, 3.05) is 5.32 Å². The molecule has 0 aliphatic heterocycles. The Hall–Kier alpha value is -3.06. The molecule has 0 saturated heterocycles. The van der Waals surface area contributed by atoms with Crippen molar-refractivity contribution >= 4 is 34.0 Å². The number of carbonyl (C=O) groups excluding carboxylic acids is 1. The molecule has 29 heavy (non-hydrogen) atoms. The van der Waals surface area contributed by atoms with E-state index in [2.05, 4.69) is 43.1 Å². The van der Waals surface area contributed by atoms with Gasteiger partial charge in [-0.25, -0.2) is 14.6 Å². The van der Waals surface area contributed by atoms with Crippen LogP contribution >= 0.6 is 11.3 Å². The lowest BCUT2D eigenvalue weighted by molar-refractivity contribution is 0.102. The first kappa shape index (κ1) is 19.3. The van der Waals surface area contributed by atoms with Gasteiger partial charge in [0.25, 0.3) is 5.91 Å². The molecule has 0 spiro atoms. The standard InChI is InChI=1S/C22H23N5OS/c1-13(2)19-11-17(18-12-24-27(14(3)4)20(18)26-19)21(28)25-16-7-5-15(6-8-16)22-23-9-10-29-22/h5-14H,1-4H3,(H,25,28). The Morgan fingerprint density at radius 3 is 2.52 bits per heavy atom. The van der Waals surface area contributed by atoms with Crippen molar-refractivity contribution in [2.24, 2.45) is 0 Å². The van der Waals surface area contributed by atoms with E-state index in [1.54, 1.807) is 23.7 Å². The summed E-state index contributed by atoms with van der Waals surface area (Å²) in [5, 5.41) is 11.1. The molecular formula is C22H23N5OS. The lowest BCUT2D eigenvalue weighted by Crippen LogP contribution is -2.14. The Kier molecular flexibility index (Phi) is 5.15. The van der Waals surface area contributed by atoms with Crippen LogP contribution in [0, 0.1) is 0 Å². The third kappa shape index (κ3) is 3.78. The zero-order valence-electron chi connectivity index (χ0n) is 16.9. The summed E-state index contributed by atoms with van der Waals surface area (Å²) in [6.45, 7) is 8.26. The third-order valence-electron chi connectivity index (χ3n) is 4.73. The first-order valence-corrected chi connectivity index (χ1v) is 10.5. The second-order valence-corrected chi connectivity index (χ2v) is 8.43. The molecule has 7 heteroatoms. The number of pyridine rings is 1. The summed E-state index contributed by atoms with van der Waals surface area (Å²) < 4.78 is 1.86. The number of anilines is 1. The van der Waals surface area contributed by atoms with E-state index in [1.165, 1.54) is 0 Å². The number of amides is 1. The zero-order chi connectivity index (χ0) is 20.5. The Labute approximate surface area is 173 Å². The van der Waals surface area contributed by atoms with Crippen LogP contribution < -0.4 is 5.32 Å². The van der Waals surface area contributed by atoms with Crippen LogP contribution in [0.4, 0.5) is 5.69 Å². The van der Waals surface area contributed by atoms with Gasteiger partial charge in [-0.2, -0.15) is 5.10 Å². The summed E-state index contributed by atoms with van der Waals surface area (Å²) in [5.74, 6) is 0.0450. The predicted molar refractivity (Wildman–Crippen MR) is 118 cm³/mol. The number of nitrogens with zero attached hydrogens (tertiary/aromatic N) is 4. The van der Waals surface area contributed by atoms with Crippen LogP contribution in [0.1, 0.15) is 55.7 Å². The molecule has 0 atom stereocenters. The second-order valence-electron chi connectivity index (χ2n) is 7.54. The Balaban J connectivity index is 1.67. The normalized spacial score (nSPS) is 11.5. The SMILES string of the molecule is CC(C)c1cc(C(=O)Nc2ccc(-c3nccs3)cc2)c2cnn(C(C)C)c2n1. The number of thiazole rings is 1. The smallest absolute Gasteiger partial charge is 0.256 e. The van der Waals surface area contributed by atoms with Crippen molar-refractivity contribution < 1.29 is 4.79 Å². The van der Waals surface area contributed by atoms with Gasteiger partial charge in [-0.15, -0.1) is 11.3 Å². The first-order valence-electron chi connectivity index (χ1n) is 9.63. The quantitative estimate of drug-likeness (QED) is 0.475. The molecule has 6 nitrogen and oxygen atoms in total. The fourth-order valence-electron chi connectivity index (χ4n) is 3.16. The van der Waals surface area contributed by atoms with E-state index >= 15 is 0 Å². The van der Waals surface area contributed by atoms with Gasteiger partial charge in [0, 0.05) is 34.6 Å². The largest absolute Gasteiger partial charge is 0.322 e. The first-order chi connectivity index (χ1) is 13.9. The van der Waals surface area contributed by atoms with Crippen LogP contribution in [0.3, 0.4) is 0 Å². The minimum atomic E-state index is -0.162. The summed E-state index contributed by atoms with van der Waals surface area (Å²) in [5.41, 5.74) is 3.99. The lowest BCUT2D eigenvalue weighted by atomic mass is 10.0. The predicted octanol–water partition coefficient (Wildman–Crippen LogP) is 5.51. The molecule has 0 bridgehead atoms. The van der Waals surface area contributed by atoms with Gasteiger partial charge in [-0.1, -0.05) is 13.8 Å². The van der Waals surface area contributed by atoms with Crippen LogP contribution in [-0.4, -0.2) is 25.7 Å². The number of fused-ring (bicyclic) bond motifs is 1. The molecule has 0 aliphatic rings. The maximum atomic E-state index is 13.1. The molecule has 1 aromatic carbocycles. The van der Waals surface area contributed by atoms with E-state index in [4.69, 9.17) is 4.98 Å². The summed E-state index contributed by atoms with van der Waals surface area (Å²) in [6, 6.07) is 9.76. The van der Waals surface area contributed by atoms with E-state index in [0.29, 0.717) is 5.56 Å². The molecule has 3 heterocycles. The fourth-order valence-corrected chi connectivity index (χ4v) is 3.80. The summed E-state index contributed by atoms with van der Waals surface area (Å²) in [7, 11) is 0. The van der Waals surface area contributed by atoms with Crippen LogP contribution in [-0.2, 0) is 0 Å². The van der Waals surface area contributed by atoms with Crippen LogP contribution in [0.5, 0.6) is 0 Å². The van der Waals surface area contributed by atoms with Crippen molar-refractivity contribution in [1.29, 1.82) is 0 Å². The number of aromatic nitrogens is 4. The summed E-state index contributed by atoms with van der Waals surface area (Å²) >= 11 is 1.59. The third-order valence-corrected chi connectivity index (χ3v) is 5.56. The molecular weight excluding hydrogens is 382 g/mol. The molecule has 4 aromatic rings. The molecule has 0 radical (unpaired) electrons. The average molecular weight is 406 g/mol. The van der Waals surface area contributed by atoms with Gasteiger partial charge in [-0.3, -0.25) is 4.79 Å². The fraction of sp³-hybridized carbons (Fsp3) is 0.273. The summed E-state index contributed by atoms with van der Waals surface area (Å²) in [6.07, 6.45) is 3.51. The number of carbonyl (C=O) groups is 1. The maximum absolute atomic E-state index is 13.1. The number of benzene rings is 1. The van der Waals surface area contributed by atoms with Gasteiger partial charge in [0.1, 0.15) is 5.01 Å². The Bertz CT molecular complexity index is 1140. The van der Waals surface area contributed by atoms with E-state index in [9.17, 15) is 4.79 Å². The van der Waals surface area contributed by atoms with E-state index in [0.717, 1.165) is 33.0 Å². The van der Waals surface area contributed by atoms with E-state index in [-0.39, 0.29) is 17.9 Å². The maximum Gasteiger partial charge on any atom is 0.256 e. The van der Waals surface area contributed by atoms with Crippen LogP contribution in [0.2, 0.25) is 0 Å². The number of hydrogen-bond donors (Lipinski definition) is 1. The topological polar surface area (TPSA) is 72.7 Å². The highest BCUT2D eigenvalue weighted by atomic mass is 32.1. The molecule has 0 aliphatic carbocycles. The van der Waals surface area contributed by atoms with Crippen molar-refractivity contribution in [1.82, 2.24) is 19.7 Å². The number of rotatable bonds is 5. The molecule has 4 rings (SSSR count). The van der Waals surface area contributed by atoms with Crippen molar-refractivity contribution in [3.8, 4) is 10.6 Å². The molecule has 1 amide bonds. The van der Waals surface area contributed by atoms with Crippen molar-refractivity contribution in [3.63, 3.8) is 0 Å².